The number of aromatic nitrogens is 2. The number of carbonyl (C=O) groups is 3. The average Bonchev–Trinajstić information content (AvgIpc) is 3.38. The lowest BCUT2D eigenvalue weighted by molar-refractivity contribution is -0.122. The van der Waals surface area contributed by atoms with Crippen LogP contribution < -0.4 is 15.4 Å². The van der Waals surface area contributed by atoms with Crippen LogP contribution >= 0.6 is 0 Å². The van der Waals surface area contributed by atoms with E-state index in [2.05, 4.69) is 27.6 Å². The molecule has 3 heterocycles. The van der Waals surface area contributed by atoms with Gasteiger partial charge in [-0.25, -0.2) is 4.79 Å². The third kappa shape index (κ3) is 3.22. The van der Waals surface area contributed by atoms with Gasteiger partial charge in [-0.05, 0) is 35.9 Å². The number of hydrogen-bond acceptors (Lipinski definition) is 5. The van der Waals surface area contributed by atoms with Gasteiger partial charge in [-0.15, -0.1) is 0 Å². The van der Waals surface area contributed by atoms with E-state index in [1.54, 1.807) is 16.8 Å². The Hall–Kier alpha value is -4.32. The zero-order valence-corrected chi connectivity index (χ0v) is 17.4. The summed E-state index contributed by atoms with van der Waals surface area (Å²) < 4.78 is 6.91. The van der Waals surface area contributed by atoms with Gasteiger partial charge in [0.2, 0.25) is 5.54 Å². The van der Waals surface area contributed by atoms with Crippen molar-refractivity contribution in [2.24, 2.45) is 7.05 Å². The monoisotopic (exact) mass is 429 g/mol. The van der Waals surface area contributed by atoms with E-state index in [0.29, 0.717) is 23.4 Å². The van der Waals surface area contributed by atoms with Crippen LogP contribution in [0.25, 0.3) is 10.9 Å². The number of ether oxygens (including phenoxy) is 1. The Morgan fingerprint density at radius 2 is 2.03 bits per heavy atom. The predicted octanol–water partition coefficient (Wildman–Crippen LogP) is 1.17. The summed E-state index contributed by atoms with van der Waals surface area (Å²) in [7, 11) is 3.36. The van der Waals surface area contributed by atoms with Crippen molar-refractivity contribution >= 4 is 28.7 Å². The lowest BCUT2D eigenvalue weighted by Gasteiger charge is -2.26. The molecule has 160 valence electrons. The van der Waals surface area contributed by atoms with Gasteiger partial charge in [-0.1, -0.05) is 17.9 Å². The lowest BCUT2D eigenvalue weighted by Crippen LogP contribution is -2.54. The number of benzene rings is 2. The number of nitrogens with one attached hydrogen (secondary N) is 2. The summed E-state index contributed by atoms with van der Waals surface area (Å²) in [6.07, 6.45) is 1.89. The van der Waals surface area contributed by atoms with E-state index in [-0.39, 0.29) is 12.5 Å². The fourth-order valence-electron chi connectivity index (χ4n) is 4.01. The van der Waals surface area contributed by atoms with Gasteiger partial charge in [0.15, 0.2) is 0 Å². The number of imide groups is 1. The largest absolute Gasteiger partial charge is 0.497 e. The number of carbonyl (C=O) groups excluding carboxylic acids is 3. The second-order valence-corrected chi connectivity index (χ2v) is 7.82. The molecule has 9 heteroatoms. The molecule has 2 N–H and O–H groups in total. The van der Waals surface area contributed by atoms with Gasteiger partial charge in [-0.3, -0.25) is 19.6 Å². The molecule has 0 radical (unpaired) electrons. The zero-order valence-electron chi connectivity index (χ0n) is 17.4. The predicted molar refractivity (Wildman–Crippen MR) is 115 cm³/mol. The first-order valence-electron chi connectivity index (χ1n) is 9.93. The number of nitrogens with zero attached hydrogens (tertiary/aromatic N) is 3. The molecule has 0 aliphatic carbocycles. The maximum Gasteiger partial charge on any atom is 0.323 e. The van der Waals surface area contributed by atoms with E-state index in [0.717, 1.165) is 16.5 Å². The van der Waals surface area contributed by atoms with Gasteiger partial charge in [-0.2, -0.15) is 5.10 Å². The summed E-state index contributed by atoms with van der Waals surface area (Å²) in [6, 6.07) is 10.2. The third-order valence-electron chi connectivity index (χ3n) is 5.61. The molecule has 1 aromatic heterocycles. The van der Waals surface area contributed by atoms with Gasteiger partial charge in [0.25, 0.3) is 11.8 Å². The molecule has 0 saturated carbocycles. The van der Waals surface area contributed by atoms with Crippen LogP contribution in [0.2, 0.25) is 0 Å². The first-order chi connectivity index (χ1) is 15.4. The van der Waals surface area contributed by atoms with Gasteiger partial charge >= 0.3 is 6.03 Å². The maximum absolute atomic E-state index is 13.0. The van der Waals surface area contributed by atoms with E-state index in [1.165, 1.54) is 12.0 Å². The van der Waals surface area contributed by atoms with Crippen LogP contribution in [0.1, 0.15) is 21.5 Å². The molecule has 0 unspecified atom stereocenters. The normalized spacial score (nSPS) is 19.4. The molecule has 2 aliphatic rings. The van der Waals surface area contributed by atoms with Crippen molar-refractivity contribution in [1.82, 2.24) is 25.3 Å². The molecule has 9 nitrogen and oxygen atoms in total. The Bertz CT molecular complexity index is 1370. The quantitative estimate of drug-likeness (QED) is 0.480. The Morgan fingerprint density at radius 1 is 1.19 bits per heavy atom. The number of urea groups is 1. The van der Waals surface area contributed by atoms with Crippen molar-refractivity contribution in [1.29, 1.82) is 0 Å². The van der Waals surface area contributed by atoms with Crippen LogP contribution in [0.3, 0.4) is 0 Å². The van der Waals surface area contributed by atoms with E-state index >= 15 is 0 Å². The number of hydrogen-bond donors (Lipinski definition) is 2. The van der Waals surface area contributed by atoms with Crippen molar-refractivity contribution in [3.05, 3.63) is 59.3 Å². The number of aryl methyl sites for hydroxylation is 1. The first-order valence-corrected chi connectivity index (χ1v) is 9.93. The van der Waals surface area contributed by atoms with Gasteiger partial charge in [0.1, 0.15) is 5.75 Å². The number of amides is 4. The van der Waals surface area contributed by atoms with Gasteiger partial charge in [0, 0.05) is 36.3 Å². The number of fused-ring (bicyclic) bond motifs is 2. The molecule has 1 saturated heterocycles. The Labute approximate surface area is 183 Å². The van der Waals surface area contributed by atoms with E-state index in [9.17, 15) is 14.4 Å². The zero-order chi connectivity index (χ0) is 22.5. The minimum Gasteiger partial charge on any atom is -0.497 e. The van der Waals surface area contributed by atoms with Crippen LogP contribution in [-0.2, 0) is 18.4 Å². The minimum absolute atomic E-state index is 0.0841. The summed E-state index contributed by atoms with van der Waals surface area (Å²) in [5, 5.41) is 10.2. The molecular weight excluding hydrogens is 410 g/mol. The second kappa shape index (κ2) is 7.13. The molecule has 0 bridgehead atoms. The average molecular weight is 429 g/mol. The van der Waals surface area contributed by atoms with Crippen LogP contribution in [-0.4, -0.2) is 51.7 Å². The minimum atomic E-state index is -1.56. The molecule has 1 fully saturated rings. The third-order valence-corrected chi connectivity index (χ3v) is 5.61. The second-order valence-electron chi connectivity index (χ2n) is 7.82. The highest BCUT2D eigenvalue weighted by Crippen LogP contribution is 2.28. The molecule has 2 aliphatic heterocycles. The van der Waals surface area contributed by atoms with Crippen LogP contribution in [0.5, 0.6) is 5.75 Å². The Balaban J connectivity index is 1.47. The first kappa shape index (κ1) is 19.6. The molecule has 4 amide bonds. The fraction of sp³-hybridized carbons (Fsp3) is 0.217. The summed E-state index contributed by atoms with van der Waals surface area (Å²) >= 11 is 0. The van der Waals surface area contributed by atoms with E-state index in [4.69, 9.17) is 4.74 Å². The summed E-state index contributed by atoms with van der Waals surface area (Å²) in [6.45, 7) is 0.226. The Morgan fingerprint density at radius 3 is 2.78 bits per heavy atom. The lowest BCUT2D eigenvalue weighted by atomic mass is 9.99. The smallest absolute Gasteiger partial charge is 0.323 e. The maximum atomic E-state index is 13.0. The van der Waals surface area contributed by atoms with Crippen molar-refractivity contribution in [3.63, 3.8) is 0 Å². The van der Waals surface area contributed by atoms with Crippen molar-refractivity contribution in [2.45, 2.75) is 12.1 Å². The molecule has 0 spiro atoms. The highest BCUT2D eigenvalue weighted by molar-refractivity contribution is 6.10. The molecule has 3 aromatic rings. The molecular formula is C23H19N5O4. The standard InChI is InChI=1S/C23H19N5O4/c1-27-11-16-4-3-14(9-19(16)26-27)7-8-23(21(30)24-22(31)25-23)13-28-12-15-5-6-17(32-2)10-18(15)20(28)29/h3-6,9-11H,12-13H2,1-2H3,(H2,24,25,30,31)/t23-/m1/s1. The van der Waals surface area contributed by atoms with Crippen LogP contribution in [0.15, 0.2) is 42.6 Å². The summed E-state index contributed by atoms with van der Waals surface area (Å²) in [4.78, 5) is 39.2. The van der Waals surface area contributed by atoms with Crippen molar-refractivity contribution < 1.29 is 19.1 Å². The highest BCUT2D eigenvalue weighted by Gasteiger charge is 2.48. The molecule has 5 rings (SSSR count). The van der Waals surface area contributed by atoms with Gasteiger partial charge in [0.05, 0.1) is 19.2 Å². The van der Waals surface area contributed by atoms with E-state index < -0.39 is 17.5 Å². The number of methoxy groups -OCH3 is 1. The highest BCUT2D eigenvalue weighted by atomic mass is 16.5. The van der Waals surface area contributed by atoms with Crippen LogP contribution in [0.4, 0.5) is 4.79 Å². The number of rotatable bonds is 3. The molecule has 32 heavy (non-hydrogen) atoms. The SMILES string of the molecule is COc1ccc2c(c1)C(=O)N(C[C@@]1(C#Cc3ccc4cn(C)nc4c3)NC(=O)NC1=O)C2. The Kier molecular flexibility index (Phi) is 4.37. The van der Waals surface area contributed by atoms with Crippen molar-refractivity contribution in [2.75, 3.05) is 13.7 Å². The molecule has 2 aromatic carbocycles. The molecule has 1 atom stereocenters. The van der Waals surface area contributed by atoms with Crippen LogP contribution in [0, 0.1) is 11.8 Å². The summed E-state index contributed by atoms with van der Waals surface area (Å²) in [5.41, 5.74) is 1.19. The van der Waals surface area contributed by atoms with E-state index in [1.807, 2.05) is 37.5 Å². The fourth-order valence-corrected chi connectivity index (χ4v) is 4.01. The van der Waals surface area contributed by atoms with Crippen molar-refractivity contribution in [3.8, 4) is 17.6 Å². The van der Waals surface area contributed by atoms with Gasteiger partial charge < -0.3 is 15.0 Å². The topological polar surface area (TPSA) is 106 Å². The summed E-state index contributed by atoms with van der Waals surface area (Å²) in [5.74, 6) is 5.63.